The smallest absolute Gasteiger partial charge is 0.0360 e. The van der Waals surface area contributed by atoms with Crippen molar-refractivity contribution >= 4 is 30.5 Å². The van der Waals surface area contributed by atoms with Gasteiger partial charge in [0.2, 0.25) is 0 Å². The first-order chi connectivity index (χ1) is 8.72. The Morgan fingerprint density at radius 1 is 0.850 bits per heavy atom. The standard InChI is InChI=1S/C8H11N.C8H19N.2ClH/c1-9(2)8-6-4-3-5-7-8;1-3-5-7-9-8-6-4-2;;/h3-7H,1-2H3;9H,3-8H2,1-2H3;2*1H. The number of para-hydroxylation sites is 1. The van der Waals surface area contributed by atoms with E-state index in [0.29, 0.717) is 0 Å². The van der Waals surface area contributed by atoms with E-state index in [1.807, 2.05) is 32.3 Å². The molecule has 0 fully saturated rings. The fraction of sp³-hybridized carbons (Fsp3) is 0.625. The van der Waals surface area contributed by atoms with Crippen LogP contribution in [0.2, 0.25) is 0 Å². The molecule has 0 aliphatic carbocycles. The second-order valence-corrected chi connectivity index (χ2v) is 4.69. The molecule has 0 aliphatic rings. The highest BCUT2D eigenvalue weighted by Gasteiger charge is 1.87. The predicted molar refractivity (Wildman–Crippen MR) is 98.0 cm³/mol. The van der Waals surface area contributed by atoms with Crippen LogP contribution in [0.3, 0.4) is 0 Å². The Kier molecular flexibility index (Phi) is 22.8. The summed E-state index contributed by atoms with van der Waals surface area (Å²) in [5.41, 5.74) is 1.25. The summed E-state index contributed by atoms with van der Waals surface area (Å²) < 4.78 is 0. The Labute approximate surface area is 138 Å². The number of hydrogen-bond donors (Lipinski definition) is 1. The molecule has 120 valence electrons. The zero-order valence-corrected chi connectivity index (χ0v) is 15.0. The Hall–Kier alpha value is -0.440. The zero-order valence-electron chi connectivity index (χ0n) is 13.4. The highest BCUT2D eigenvalue weighted by molar-refractivity contribution is 5.85. The van der Waals surface area contributed by atoms with Gasteiger partial charge in [-0.2, -0.15) is 0 Å². The van der Waals surface area contributed by atoms with Crippen LogP contribution in [-0.4, -0.2) is 27.2 Å². The van der Waals surface area contributed by atoms with E-state index < -0.39 is 0 Å². The van der Waals surface area contributed by atoms with Gasteiger partial charge in [-0.05, 0) is 38.1 Å². The average molecular weight is 323 g/mol. The van der Waals surface area contributed by atoms with Crippen molar-refractivity contribution in [2.75, 3.05) is 32.1 Å². The first-order valence-corrected chi connectivity index (χ1v) is 7.15. The number of unbranched alkanes of at least 4 members (excludes halogenated alkanes) is 2. The van der Waals surface area contributed by atoms with Gasteiger partial charge >= 0.3 is 0 Å². The van der Waals surface area contributed by atoms with Gasteiger partial charge in [-0.3, -0.25) is 0 Å². The van der Waals surface area contributed by atoms with Crippen LogP contribution in [0.1, 0.15) is 39.5 Å². The van der Waals surface area contributed by atoms with Crippen molar-refractivity contribution in [2.45, 2.75) is 39.5 Å². The molecule has 0 amide bonds. The van der Waals surface area contributed by atoms with Crippen LogP contribution in [0.15, 0.2) is 30.3 Å². The van der Waals surface area contributed by atoms with Crippen LogP contribution in [-0.2, 0) is 0 Å². The molecule has 0 spiro atoms. The van der Waals surface area contributed by atoms with E-state index in [0.717, 1.165) is 0 Å². The highest BCUT2D eigenvalue weighted by atomic mass is 35.5. The lowest BCUT2D eigenvalue weighted by Gasteiger charge is -2.10. The van der Waals surface area contributed by atoms with Gasteiger partial charge in [0.25, 0.3) is 0 Å². The first kappa shape index (κ1) is 24.6. The molecule has 0 radical (unpaired) electrons. The second-order valence-electron chi connectivity index (χ2n) is 4.69. The number of nitrogens with one attached hydrogen (secondary N) is 1. The molecular formula is C16H32Cl2N2. The van der Waals surface area contributed by atoms with Crippen LogP contribution in [0.5, 0.6) is 0 Å². The molecule has 0 saturated heterocycles. The molecule has 0 atom stereocenters. The molecule has 0 bridgehead atoms. The van der Waals surface area contributed by atoms with Gasteiger partial charge in [-0.1, -0.05) is 44.9 Å². The van der Waals surface area contributed by atoms with E-state index in [-0.39, 0.29) is 24.8 Å². The fourth-order valence-electron chi connectivity index (χ4n) is 1.45. The Balaban J connectivity index is -0.000000263. The summed E-state index contributed by atoms with van der Waals surface area (Å²) >= 11 is 0. The van der Waals surface area contributed by atoms with Crippen molar-refractivity contribution in [3.63, 3.8) is 0 Å². The predicted octanol–water partition coefficient (Wildman–Crippen LogP) is 4.77. The van der Waals surface area contributed by atoms with Crippen LogP contribution in [0, 0.1) is 0 Å². The van der Waals surface area contributed by atoms with E-state index in [9.17, 15) is 0 Å². The number of benzene rings is 1. The lowest BCUT2D eigenvalue weighted by atomic mass is 10.3. The quantitative estimate of drug-likeness (QED) is 0.727. The van der Waals surface area contributed by atoms with Crippen LogP contribution in [0.25, 0.3) is 0 Å². The number of halogens is 2. The van der Waals surface area contributed by atoms with Crippen LogP contribution < -0.4 is 10.2 Å². The summed E-state index contributed by atoms with van der Waals surface area (Å²) in [6.45, 7) is 6.86. The third-order valence-corrected chi connectivity index (χ3v) is 2.69. The largest absolute Gasteiger partial charge is 0.378 e. The molecule has 0 aromatic heterocycles. The molecule has 1 N–H and O–H groups in total. The summed E-state index contributed by atoms with van der Waals surface area (Å²) in [6, 6.07) is 10.3. The lowest BCUT2D eigenvalue weighted by molar-refractivity contribution is 0.611. The SMILES string of the molecule is CCCCNCCCC.CN(C)c1ccccc1.Cl.Cl. The highest BCUT2D eigenvalue weighted by Crippen LogP contribution is 2.07. The summed E-state index contributed by atoms with van der Waals surface area (Å²) in [5, 5.41) is 3.39. The average Bonchev–Trinajstić information content (AvgIpc) is 2.40. The molecule has 1 aromatic rings. The molecule has 0 saturated carbocycles. The minimum Gasteiger partial charge on any atom is -0.378 e. The summed E-state index contributed by atoms with van der Waals surface area (Å²) in [5.74, 6) is 0. The van der Waals surface area contributed by atoms with Gasteiger partial charge in [-0.25, -0.2) is 0 Å². The van der Waals surface area contributed by atoms with E-state index in [1.54, 1.807) is 0 Å². The summed E-state index contributed by atoms with van der Waals surface area (Å²) in [4.78, 5) is 2.08. The minimum absolute atomic E-state index is 0. The number of nitrogens with zero attached hydrogens (tertiary/aromatic N) is 1. The molecule has 1 rings (SSSR count). The monoisotopic (exact) mass is 322 g/mol. The van der Waals surface area contributed by atoms with E-state index >= 15 is 0 Å². The van der Waals surface area contributed by atoms with Gasteiger partial charge in [-0.15, -0.1) is 24.8 Å². The summed E-state index contributed by atoms with van der Waals surface area (Å²) in [6.07, 6.45) is 5.26. The number of anilines is 1. The molecule has 2 nitrogen and oxygen atoms in total. The molecule has 20 heavy (non-hydrogen) atoms. The maximum absolute atomic E-state index is 3.39. The van der Waals surface area contributed by atoms with Crippen molar-refractivity contribution in [3.8, 4) is 0 Å². The fourth-order valence-corrected chi connectivity index (χ4v) is 1.45. The second kappa shape index (κ2) is 18.6. The molecule has 1 aromatic carbocycles. The third kappa shape index (κ3) is 15.6. The molecule has 0 unspecified atom stereocenters. The van der Waals surface area contributed by atoms with Crippen molar-refractivity contribution in [3.05, 3.63) is 30.3 Å². The zero-order chi connectivity index (χ0) is 13.6. The van der Waals surface area contributed by atoms with Crippen molar-refractivity contribution in [2.24, 2.45) is 0 Å². The maximum atomic E-state index is 3.39. The lowest BCUT2D eigenvalue weighted by Crippen LogP contribution is -2.15. The van der Waals surface area contributed by atoms with Crippen LogP contribution in [0.4, 0.5) is 5.69 Å². The van der Waals surface area contributed by atoms with Crippen molar-refractivity contribution in [1.29, 1.82) is 0 Å². The topological polar surface area (TPSA) is 15.3 Å². The summed E-state index contributed by atoms with van der Waals surface area (Å²) in [7, 11) is 4.07. The van der Waals surface area contributed by atoms with E-state index in [1.165, 1.54) is 44.5 Å². The minimum atomic E-state index is 0. The number of rotatable bonds is 7. The molecule has 4 heteroatoms. The van der Waals surface area contributed by atoms with Gasteiger partial charge in [0, 0.05) is 19.8 Å². The molecular weight excluding hydrogens is 291 g/mol. The third-order valence-electron chi connectivity index (χ3n) is 2.69. The van der Waals surface area contributed by atoms with E-state index in [2.05, 4.69) is 36.2 Å². The van der Waals surface area contributed by atoms with Gasteiger partial charge in [0.1, 0.15) is 0 Å². The normalized spacial score (nSPS) is 8.60. The van der Waals surface area contributed by atoms with Crippen molar-refractivity contribution < 1.29 is 0 Å². The maximum Gasteiger partial charge on any atom is 0.0360 e. The van der Waals surface area contributed by atoms with Crippen LogP contribution >= 0.6 is 24.8 Å². The Bertz CT molecular complexity index is 260. The molecule has 0 heterocycles. The van der Waals surface area contributed by atoms with Gasteiger partial charge in [0.05, 0.1) is 0 Å². The molecule has 0 aliphatic heterocycles. The first-order valence-electron chi connectivity index (χ1n) is 7.15. The van der Waals surface area contributed by atoms with Crippen molar-refractivity contribution in [1.82, 2.24) is 5.32 Å². The van der Waals surface area contributed by atoms with Gasteiger partial charge in [0.15, 0.2) is 0 Å². The Morgan fingerprint density at radius 3 is 1.60 bits per heavy atom. The van der Waals surface area contributed by atoms with Gasteiger partial charge < -0.3 is 10.2 Å². The number of hydrogen-bond acceptors (Lipinski definition) is 2. The Morgan fingerprint density at radius 2 is 1.30 bits per heavy atom. The van der Waals surface area contributed by atoms with E-state index in [4.69, 9.17) is 0 Å².